The van der Waals surface area contributed by atoms with Crippen molar-refractivity contribution in [3.8, 4) is 22.4 Å². The molecule has 42 heavy (non-hydrogen) atoms. The topological polar surface area (TPSA) is 7.12 Å². The summed E-state index contributed by atoms with van der Waals surface area (Å²) < 4.78 is 2.20. The van der Waals surface area contributed by atoms with Crippen LogP contribution in [-0.4, -0.2) is 0 Å². The van der Waals surface area contributed by atoms with Crippen LogP contribution in [-0.2, 0) is 24.3 Å². The molecular weight excluding hydrogens is 508 g/mol. The predicted octanol–water partition coefficient (Wildman–Crippen LogP) is 10.5. The van der Waals surface area contributed by atoms with Crippen LogP contribution in [0.5, 0.6) is 0 Å². The largest absolute Gasteiger partial charge is 0.311 e. The van der Waals surface area contributed by atoms with Crippen LogP contribution in [0.2, 0.25) is 0 Å². The SMILES string of the molecule is CCc1ccc(-c2ccc(N(c3ccc(C(C)(C)C)cc3)c3ccc(C(C)(C)C)cc3)cc2)cc1-c1cccc[n+]1C. The number of pyridine rings is 1. The molecule has 0 fully saturated rings. The predicted molar refractivity (Wildman–Crippen MR) is 180 cm³/mol. The van der Waals surface area contributed by atoms with Crippen LogP contribution in [0.25, 0.3) is 22.4 Å². The number of aromatic nitrogens is 1. The molecule has 0 saturated carbocycles. The molecule has 0 saturated heterocycles. The summed E-state index contributed by atoms with van der Waals surface area (Å²) >= 11 is 0. The van der Waals surface area contributed by atoms with Crippen molar-refractivity contribution < 1.29 is 4.57 Å². The van der Waals surface area contributed by atoms with Crippen molar-refractivity contribution >= 4 is 17.1 Å². The van der Waals surface area contributed by atoms with Crippen LogP contribution in [0, 0.1) is 0 Å². The smallest absolute Gasteiger partial charge is 0.212 e. The summed E-state index contributed by atoms with van der Waals surface area (Å²) in [6.07, 6.45) is 3.12. The minimum absolute atomic E-state index is 0.113. The molecular formula is C40H45N2+. The lowest BCUT2D eigenvalue weighted by Gasteiger charge is -2.28. The molecule has 0 aliphatic rings. The zero-order valence-electron chi connectivity index (χ0n) is 26.6. The molecule has 0 spiro atoms. The van der Waals surface area contributed by atoms with Gasteiger partial charge in [0.2, 0.25) is 5.69 Å². The second kappa shape index (κ2) is 11.6. The number of rotatable bonds is 6. The molecule has 0 bridgehead atoms. The molecule has 5 rings (SSSR count). The van der Waals surface area contributed by atoms with Crippen molar-refractivity contribution in [2.24, 2.45) is 7.05 Å². The van der Waals surface area contributed by atoms with Crippen molar-refractivity contribution in [3.05, 3.63) is 132 Å². The van der Waals surface area contributed by atoms with Gasteiger partial charge in [-0.25, -0.2) is 4.57 Å². The summed E-state index contributed by atoms with van der Waals surface area (Å²) in [5.74, 6) is 0. The third-order valence-electron chi connectivity index (χ3n) is 8.26. The lowest BCUT2D eigenvalue weighted by Crippen LogP contribution is -2.30. The van der Waals surface area contributed by atoms with Gasteiger partial charge in [0.1, 0.15) is 7.05 Å². The Morgan fingerprint density at radius 1 is 0.571 bits per heavy atom. The number of hydrogen-bond donors (Lipinski definition) is 0. The van der Waals surface area contributed by atoms with E-state index in [2.05, 4.69) is 180 Å². The lowest BCUT2D eigenvalue weighted by molar-refractivity contribution is -0.660. The first-order chi connectivity index (χ1) is 20.0. The highest BCUT2D eigenvalue weighted by Crippen LogP contribution is 2.38. The summed E-state index contributed by atoms with van der Waals surface area (Å²) in [5.41, 5.74) is 12.7. The first kappa shape index (κ1) is 29.3. The van der Waals surface area contributed by atoms with Crippen molar-refractivity contribution in [2.45, 2.75) is 65.7 Å². The van der Waals surface area contributed by atoms with Gasteiger partial charge in [-0.2, -0.15) is 0 Å². The molecule has 0 radical (unpaired) electrons. The van der Waals surface area contributed by atoms with Crippen molar-refractivity contribution in [3.63, 3.8) is 0 Å². The van der Waals surface area contributed by atoms with E-state index in [-0.39, 0.29) is 10.8 Å². The van der Waals surface area contributed by atoms with Gasteiger partial charge in [-0.15, -0.1) is 0 Å². The quantitative estimate of drug-likeness (QED) is 0.190. The average Bonchev–Trinajstić information content (AvgIpc) is 2.97. The van der Waals surface area contributed by atoms with E-state index < -0.39 is 0 Å². The fraction of sp³-hybridized carbons (Fsp3) is 0.275. The third-order valence-corrected chi connectivity index (χ3v) is 8.26. The second-order valence-corrected chi connectivity index (χ2v) is 13.4. The van der Waals surface area contributed by atoms with E-state index in [0.29, 0.717) is 0 Å². The van der Waals surface area contributed by atoms with Gasteiger partial charge in [-0.3, -0.25) is 0 Å². The van der Waals surface area contributed by atoms with Gasteiger partial charge in [0.15, 0.2) is 6.20 Å². The Labute approximate surface area is 253 Å². The zero-order chi connectivity index (χ0) is 30.1. The van der Waals surface area contributed by atoms with Gasteiger partial charge in [-0.05, 0) is 93.6 Å². The van der Waals surface area contributed by atoms with Crippen LogP contribution >= 0.6 is 0 Å². The summed E-state index contributed by atoms with van der Waals surface area (Å²) in [6, 6.07) is 40.4. The summed E-state index contributed by atoms with van der Waals surface area (Å²) in [6.45, 7) is 15.8. The van der Waals surface area contributed by atoms with Crippen LogP contribution in [0.3, 0.4) is 0 Å². The van der Waals surface area contributed by atoms with E-state index in [0.717, 1.165) is 23.5 Å². The van der Waals surface area contributed by atoms with E-state index in [1.165, 1.54) is 39.1 Å². The highest BCUT2D eigenvalue weighted by atomic mass is 15.1. The molecule has 2 heteroatoms. The summed E-state index contributed by atoms with van der Waals surface area (Å²) in [5, 5.41) is 0. The van der Waals surface area contributed by atoms with Crippen LogP contribution in [0.1, 0.15) is 65.2 Å². The van der Waals surface area contributed by atoms with E-state index >= 15 is 0 Å². The maximum absolute atomic E-state index is 2.36. The van der Waals surface area contributed by atoms with E-state index in [1.807, 2.05) is 0 Å². The molecule has 0 aliphatic heterocycles. The van der Waals surface area contributed by atoms with Crippen LogP contribution in [0.4, 0.5) is 17.1 Å². The minimum Gasteiger partial charge on any atom is -0.311 e. The highest BCUT2D eigenvalue weighted by Gasteiger charge is 2.19. The molecule has 0 N–H and O–H groups in total. The highest BCUT2D eigenvalue weighted by molar-refractivity contribution is 5.79. The molecule has 0 aliphatic carbocycles. The molecule has 4 aromatic carbocycles. The molecule has 214 valence electrons. The van der Waals surface area contributed by atoms with Gasteiger partial charge >= 0.3 is 0 Å². The Morgan fingerprint density at radius 3 is 1.50 bits per heavy atom. The number of anilines is 3. The first-order valence-electron chi connectivity index (χ1n) is 15.2. The van der Waals surface area contributed by atoms with Gasteiger partial charge in [0.05, 0.1) is 0 Å². The number of nitrogens with zero attached hydrogens (tertiary/aromatic N) is 2. The second-order valence-electron chi connectivity index (χ2n) is 13.4. The standard InChI is InChI=1S/C40H45N2/c1-9-29-13-14-31(28-37(29)38-12-10-11-27-41(38)8)30-15-21-34(22-16-30)42(35-23-17-32(18-24-35)39(2,3)4)36-25-19-33(20-26-36)40(5,6)7/h10-28H,9H2,1-8H3/q+1. The summed E-state index contributed by atoms with van der Waals surface area (Å²) in [7, 11) is 2.12. The first-order valence-corrected chi connectivity index (χ1v) is 15.2. The number of benzene rings is 4. The Kier molecular flexibility index (Phi) is 8.10. The van der Waals surface area contributed by atoms with Crippen LogP contribution < -0.4 is 9.47 Å². The Morgan fingerprint density at radius 2 is 1.05 bits per heavy atom. The Hall–Kier alpha value is -4.17. The third kappa shape index (κ3) is 6.19. The Balaban J connectivity index is 1.55. The monoisotopic (exact) mass is 553 g/mol. The van der Waals surface area contributed by atoms with Gasteiger partial charge < -0.3 is 4.90 Å². The van der Waals surface area contributed by atoms with Gasteiger partial charge in [0.25, 0.3) is 0 Å². The van der Waals surface area contributed by atoms with E-state index in [9.17, 15) is 0 Å². The molecule has 2 nitrogen and oxygen atoms in total. The normalized spacial score (nSPS) is 11.9. The minimum atomic E-state index is 0.113. The number of aryl methyl sites for hydroxylation is 2. The van der Waals surface area contributed by atoms with E-state index in [4.69, 9.17) is 0 Å². The van der Waals surface area contributed by atoms with Crippen molar-refractivity contribution in [1.29, 1.82) is 0 Å². The molecule has 0 atom stereocenters. The maximum atomic E-state index is 2.36. The molecule has 5 aromatic rings. The van der Waals surface area contributed by atoms with Gasteiger partial charge in [0, 0.05) is 34.8 Å². The molecule has 0 unspecified atom stereocenters. The van der Waals surface area contributed by atoms with Gasteiger partial charge in [-0.1, -0.05) is 97.0 Å². The molecule has 0 amide bonds. The van der Waals surface area contributed by atoms with Crippen molar-refractivity contribution in [1.82, 2.24) is 0 Å². The fourth-order valence-electron chi connectivity index (χ4n) is 5.58. The zero-order valence-corrected chi connectivity index (χ0v) is 26.6. The number of hydrogen-bond acceptors (Lipinski definition) is 1. The molecule has 1 aromatic heterocycles. The Bertz CT molecular complexity index is 1590. The summed E-state index contributed by atoms with van der Waals surface area (Å²) in [4.78, 5) is 2.36. The van der Waals surface area contributed by atoms with E-state index in [1.54, 1.807) is 0 Å². The van der Waals surface area contributed by atoms with Crippen LogP contribution in [0.15, 0.2) is 115 Å². The maximum Gasteiger partial charge on any atom is 0.212 e. The lowest BCUT2D eigenvalue weighted by atomic mass is 9.86. The average molecular weight is 554 g/mol. The van der Waals surface area contributed by atoms with Crippen molar-refractivity contribution in [2.75, 3.05) is 4.90 Å². The fourth-order valence-corrected chi connectivity index (χ4v) is 5.58. The molecule has 1 heterocycles.